The van der Waals surface area contributed by atoms with E-state index >= 15 is 0 Å². The maximum Gasteiger partial charge on any atom is 0.169 e. The van der Waals surface area contributed by atoms with Crippen molar-refractivity contribution in [3.8, 4) is 0 Å². The molecule has 10 nitrogen and oxygen atoms in total. The van der Waals surface area contributed by atoms with Crippen LogP contribution in [0.4, 0.5) is 11.4 Å². The molecule has 2 fully saturated rings. The second-order valence-electron chi connectivity index (χ2n) is 13.0. The quantitative estimate of drug-likeness (QED) is 0.0666. The van der Waals surface area contributed by atoms with Crippen LogP contribution in [0.25, 0.3) is 24.3 Å². The molecule has 14 heteroatoms. The van der Waals surface area contributed by atoms with E-state index in [1.165, 1.54) is 85.5 Å². The van der Waals surface area contributed by atoms with Gasteiger partial charge in [-0.3, -0.25) is 0 Å². The second-order valence-corrected chi connectivity index (χ2v) is 18.5. The van der Waals surface area contributed by atoms with Crippen LogP contribution in [0.1, 0.15) is 47.9 Å². The van der Waals surface area contributed by atoms with Crippen LogP contribution in [0.15, 0.2) is 97.6 Å². The molecule has 0 atom stereocenters. The summed E-state index contributed by atoms with van der Waals surface area (Å²) in [5.41, 5.74) is 7.66. The molecule has 0 bridgehead atoms. The highest BCUT2D eigenvalue weighted by molar-refractivity contribution is 8.76. The molecule has 2 aromatic carbocycles. The van der Waals surface area contributed by atoms with Gasteiger partial charge in [0.15, 0.2) is 37.9 Å². The molecule has 0 amide bonds. The Kier molecular flexibility index (Phi) is 17.6. The zero-order valence-electron chi connectivity index (χ0n) is 30.9. The molecule has 2 saturated heterocycles. The van der Waals surface area contributed by atoms with E-state index in [1.54, 1.807) is 0 Å². The van der Waals surface area contributed by atoms with Crippen LogP contribution in [-0.2, 0) is 33.3 Å². The van der Waals surface area contributed by atoms with Crippen molar-refractivity contribution in [1.82, 2.24) is 0 Å². The van der Waals surface area contributed by atoms with Gasteiger partial charge < -0.3 is 18.9 Å². The highest BCUT2D eigenvalue weighted by Crippen LogP contribution is 2.23. The molecule has 4 aromatic rings. The van der Waals surface area contributed by atoms with Crippen LogP contribution in [0.3, 0.4) is 0 Å². The van der Waals surface area contributed by atoms with Crippen molar-refractivity contribution in [3.63, 3.8) is 0 Å². The number of aromatic nitrogens is 2. The highest BCUT2D eigenvalue weighted by Gasteiger charge is 2.12. The molecule has 0 radical (unpaired) electrons. The molecule has 2 aliphatic heterocycles. The minimum Gasteiger partial charge on any atom is -0.748 e. The summed E-state index contributed by atoms with van der Waals surface area (Å²) in [7, 11) is -3.92. The van der Waals surface area contributed by atoms with Gasteiger partial charge in [0.05, 0.1) is 31.7 Å². The molecule has 290 valence electrons. The van der Waals surface area contributed by atoms with Crippen LogP contribution < -0.4 is 18.9 Å². The van der Waals surface area contributed by atoms with E-state index in [4.69, 9.17) is 25.9 Å². The summed E-state index contributed by atoms with van der Waals surface area (Å²) in [6, 6.07) is 26.7. The maximum atomic E-state index is 9.08. The fraction of sp³-hybridized carbons (Fsp3) is 0.350. The van der Waals surface area contributed by atoms with Gasteiger partial charge in [0.1, 0.15) is 0 Å². The van der Waals surface area contributed by atoms with E-state index in [0.29, 0.717) is 12.5 Å². The first kappa shape index (κ1) is 43.1. The van der Waals surface area contributed by atoms with Gasteiger partial charge in [-0.25, -0.2) is 26.0 Å². The largest absolute Gasteiger partial charge is 0.748 e. The van der Waals surface area contributed by atoms with E-state index < -0.39 is 20.2 Å². The Hall–Kier alpha value is -3.66. The Balaban J connectivity index is 0.000000577. The normalized spacial score (nSPS) is 14.6. The van der Waals surface area contributed by atoms with E-state index in [0.717, 1.165) is 24.6 Å². The van der Waals surface area contributed by atoms with E-state index in [2.05, 4.69) is 141 Å². The Morgan fingerprint density at radius 2 is 0.778 bits per heavy atom. The fourth-order valence-electron chi connectivity index (χ4n) is 5.79. The molecule has 6 rings (SSSR count). The van der Waals surface area contributed by atoms with Crippen LogP contribution in [0, 0.1) is 0 Å². The number of hydrogen-bond acceptors (Lipinski definition) is 10. The highest BCUT2D eigenvalue weighted by atomic mass is 33.1. The van der Waals surface area contributed by atoms with Crippen LogP contribution in [0.2, 0.25) is 0 Å². The fourth-order valence-corrected chi connectivity index (χ4v) is 7.75. The number of aryl methyl sites for hydroxylation is 2. The molecule has 4 heterocycles. The third kappa shape index (κ3) is 18.1. The second kappa shape index (κ2) is 22.0. The summed E-state index contributed by atoms with van der Waals surface area (Å²) in [5.74, 6) is 2.20. The first-order valence-corrected chi connectivity index (χ1v) is 24.0. The van der Waals surface area contributed by atoms with Crippen molar-refractivity contribution in [2.45, 2.75) is 38.8 Å². The summed E-state index contributed by atoms with van der Waals surface area (Å²) in [4.78, 5) is 4.96. The topological polar surface area (TPSA) is 129 Å². The molecule has 0 N–H and O–H groups in total. The van der Waals surface area contributed by atoms with Gasteiger partial charge >= 0.3 is 0 Å². The number of pyridine rings is 2. The zero-order chi connectivity index (χ0) is 38.8. The summed E-state index contributed by atoms with van der Waals surface area (Å²) >= 11 is 0. The zero-order valence-corrected chi connectivity index (χ0v) is 34.2. The standard InChI is InChI=1S/C38H44N4S2.2CH4O3S/c1-2-22-41(21-1)37-13-9-33(10-14-37)5-7-35-17-25-39(26-18-35)29-31-43-44-32-30-40-27-19-36(20-28-40)8-6-34-11-15-38(16-12-34)42-23-3-4-24-42;2*1-5(2,3)4/h5-20,25-28H,1-4,21-24,29-32H2;2*1H3,(H,2,3,4)/q+2;;/p-2. The van der Waals surface area contributed by atoms with Crippen LogP contribution in [-0.4, -0.2) is 76.1 Å². The molecule has 2 aromatic heterocycles. The Bertz CT molecular complexity index is 1810. The van der Waals surface area contributed by atoms with Crippen molar-refractivity contribution in [2.24, 2.45) is 0 Å². The molecular weight excluding hydrogens is 761 g/mol. The van der Waals surface area contributed by atoms with Gasteiger partial charge in [-0.05, 0) is 72.2 Å². The van der Waals surface area contributed by atoms with Crippen molar-refractivity contribution < 1.29 is 35.1 Å². The summed E-state index contributed by atoms with van der Waals surface area (Å²) in [5, 5.41) is 0. The molecule has 0 aliphatic carbocycles. The monoisotopic (exact) mass is 810 g/mol. The minimum absolute atomic E-state index is 0.604. The number of hydrogen-bond donors (Lipinski definition) is 0. The Morgan fingerprint density at radius 1 is 0.519 bits per heavy atom. The third-order valence-corrected chi connectivity index (χ3v) is 10.8. The first-order valence-electron chi connectivity index (χ1n) is 17.9. The van der Waals surface area contributed by atoms with Gasteiger partial charge in [0, 0.05) is 74.3 Å². The average Bonchev–Trinajstić information content (AvgIpc) is 3.88. The van der Waals surface area contributed by atoms with E-state index in [-0.39, 0.29) is 0 Å². The molecular formula is C40H50N4O6S4. The number of nitrogens with zero attached hydrogens (tertiary/aromatic N) is 4. The van der Waals surface area contributed by atoms with Gasteiger partial charge in [-0.15, -0.1) is 0 Å². The molecule has 0 unspecified atom stereocenters. The molecule has 2 aliphatic rings. The summed E-state index contributed by atoms with van der Waals surface area (Å²) < 4.78 is 59.0. The molecule has 0 saturated carbocycles. The van der Waals surface area contributed by atoms with Gasteiger partial charge in [0.2, 0.25) is 0 Å². The minimum atomic E-state index is -3.92. The van der Waals surface area contributed by atoms with Crippen molar-refractivity contribution in [2.75, 3.05) is 60.0 Å². The van der Waals surface area contributed by atoms with Crippen LogP contribution >= 0.6 is 21.6 Å². The molecule has 0 spiro atoms. The molecule has 54 heavy (non-hydrogen) atoms. The van der Waals surface area contributed by atoms with Crippen molar-refractivity contribution in [3.05, 3.63) is 120 Å². The van der Waals surface area contributed by atoms with Crippen molar-refractivity contribution in [1.29, 1.82) is 0 Å². The van der Waals surface area contributed by atoms with Gasteiger partial charge in [-0.1, -0.05) is 70.2 Å². The number of anilines is 2. The van der Waals surface area contributed by atoms with Gasteiger partial charge in [-0.2, -0.15) is 0 Å². The van der Waals surface area contributed by atoms with E-state index in [1.807, 2.05) is 21.6 Å². The van der Waals surface area contributed by atoms with Crippen molar-refractivity contribution >= 4 is 77.5 Å². The Morgan fingerprint density at radius 3 is 1.06 bits per heavy atom. The predicted molar refractivity (Wildman–Crippen MR) is 223 cm³/mol. The third-order valence-electron chi connectivity index (χ3n) is 8.45. The number of rotatable bonds is 13. The first-order chi connectivity index (χ1) is 25.8. The lowest BCUT2D eigenvalue weighted by atomic mass is 10.1. The lowest BCUT2D eigenvalue weighted by Gasteiger charge is -2.17. The van der Waals surface area contributed by atoms with Crippen LogP contribution in [0.5, 0.6) is 0 Å². The van der Waals surface area contributed by atoms with Gasteiger partial charge in [0.25, 0.3) is 0 Å². The van der Waals surface area contributed by atoms with E-state index in [9.17, 15) is 0 Å². The smallest absolute Gasteiger partial charge is 0.169 e. The SMILES string of the molecule is C(=Cc1cc[n+](CCSSCC[n+]2ccc(C=Cc3ccc(N4CCCC4)cc3)cc2)cc1)c1ccc(N2CCCC2)cc1.CS(=O)(=O)[O-].CS(=O)(=O)[O-]. The Labute approximate surface area is 329 Å². The maximum absolute atomic E-state index is 9.08. The number of benzene rings is 2. The summed E-state index contributed by atoms with van der Waals surface area (Å²) in [6.45, 7) is 6.82. The summed E-state index contributed by atoms with van der Waals surface area (Å²) in [6.07, 6.45) is 24.1. The lowest BCUT2D eigenvalue weighted by molar-refractivity contribution is -0.692. The lowest BCUT2D eigenvalue weighted by Crippen LogP contribution is -2.34. The predicted octanol–water partition coefficient (Wildman–Crippen LogP) is 6.21. The average molecular weight is 811 g/mol.